The standard InChI is InChI=1S/C13H20N4O2/c1-10-4-5-13(19-10)12(6-7-18-3)14-8-11-9-17(2)16-15-11/h4-5,9,12,14H,6-8H2,1-3H3. The van der Waals surface area contributed by atoms with Gasteiger partial charge >= 0.3 is 0 Å². The van der Waals surface area contributed by atoms with Crippen LogP contribution in [0.25, 0.3) is 0 Å². The van der Waals surface area contributed by atoms with Crippen molar-refractivity contribution in [2.24, 2.45) is 7.05 Å². The molecular formula is C13H20N4O2. The zero-order valence-electron chi connectivity index (χ0n) is 11.6. The first-order valence-corrected chi connectivity index (χ1v) is 6.33. The molecule has 0 bridgehead atoms. The minimum atomic E-state index is 0.121. The minimum absolute atomic E-state index is 0.121. The molecule has 0 aliphatic rings. The van der Waals surface area contributed by atoms with Gasteiger partial charge in [-0.2, -0.15) is 0 Å². The Kier molecular flexibility index (Phi) is 4.70. The molecule has 0 saturated heterocycles. The Morgan fingerprint density at radius 2 is 2.32 bits per heavy atom. The maximum atomic E-state index is 5.68. The van der Waals surface area contributed by atoms with Gasteiger partial charge in [0.1, 0.15) is 11.5 Å². The number of nitrogens with zero attached hydrogens (tertiary/aromatic N) is 3. The number of nitrogens with one attached hydrogen (secondary N) is 1. The van der Waals surface area contributed by atoms with E-state index in [2.05, 4.69) is 15.6 Å². The third-order valence-corrected chi connectivity index (χ3v) is 2.89. The molecule has 0 aliphatic carbocycles. The van der Waals surface area contributed by atoms with E-state index < -0.39 is 0 Å². The third kappa shape index (κ3) is 3.90. The Morgan fingerprint density at radius 3 is 2.89 bits per heavy atom. The molecule has 2 aromatic heterocycles. The first-order valence-electron chi connectivity index (χ1n) is 6.33. The lowest BCUT2D eigenvalue weighted by atomic mass is 10.1. The van der Waals surface area contributed by atoms with Crippen LogP contribution in [0.15, 0.2) is 22.7 Å². The summed E-state index contributed by atoms with van der Waals surface area (Å²) in [6.07, 6.45) is 2.75. The van der Waals surface area contributed by atoms with Gasteiger partial charge in [-0.1, -0.05) is 5.21 Å². The van der Waals surface area contributed by atoms with Gasteiger partial charge in [-0.3, -0.25) is 4.68 Å². The summed E-state index contributed by atoms with van der Waals surface area (Å²) >= 11 is 0. The summed E-state index contributed by atoms with van der Waals surface area (Å²) in [6.45, 7) is 3.28. The van der Waals surface area contributed by atoms with Crippen LogP contribution in [0.5, 0.6) is 0 Å². The van der Waals surface area contributed by atoms with Gasteiger partial charge < -0.3 is 14.5 Å². The molecular weight excluding hydrogens is 244 g/mol. The first-order chi connectivity index (χ1) is 9.19. The van der Waals surface area contributed by atoms with Crippen LogP contribution in [0, 0.1) is 6.92 Å². The summed E-state index contributed by atoms with van der Waals surface area (Å²) in [7, 11) is 3.56. The predicted molar refractivity (Wildman–Crippen MR) is 70.5 cm³/mol. The molecule has 19 heavy (non-hydrogen) atoms. The van der Waals surface area contributed by atoms with Crippen molar-refractivity contribution < 1.29 is 9.15 Å². The van der Waals surface area contributed by atoms with Crippen molar-refractivity contribution in [2.45, 2.75) is 25.9 Å². The molecule has 0 fully saturated rings. The Hall–Kier alpha value is -1.66. The van der Waals surface area contributed by atoms with Gasteiger partial charge in [0.2, 0.25) is 0 Å². The lowest BCUT2D eigenvalue weighted by Gasteiger charge is -2.15. The van der Waals surface area contributed by atoms with Crippen LogP contribution in [-0.4, -0.2) is 28.7 Å². The smallest absolute Gasteiger partial charge is 0.121 e. The summed E-state index contributed by atoms with van der Waals surface area (Å²) in [6, 6.07) is 4.09. The van der Waals surface area contributed by atoms with Crippen LogP contribution in [0.2, 0.25) is 0 Å². The van der Waals surface area contributed by atoms with Crippen molar-refractivity contribution in [3.63, 3.8) is 0 Å². The molecule has 2 heterocycles. The summed E-state index contributed by atoms with van der Waals surface area (Å²) in [4.78, 5) is 0. The molecule has 104 valence electrons. The van der Waals surface area contributed by atoms with Crippen LogP contribution < -0.4 is 5.32 Å². The second kappa shape index (κ2) is 6.49. The fraction of sp³-hybridized carbons (Fsp3) is 0.538. The van der Waals surface area contributed by atoms with Crippen molar-refractivity contribution >= 4 is 0 Å². The Morgan fingerprint density at radius 1 is 1.47 bits per heavy atom. The monoisotopic (exact) mass is 264 g/mol. The maximum Gasteiger partial charge on any atom is 0.121 e. The number of furan rings is 1. The highest BCUT2D eigenvalue weighted by Gasteiger charge is 2.15. The van der Waals surface area contributed by atoms with Gasteiger partial charge in [-0.15, -0.1) is 5.10 Å². The summed E-state index contributed by atoms with van der Waals surface area (Å²) in [5.41, 5.74) is 0.910. The molecule has 1 unspecified atom stereocenters. The molecule has 6 heteroatoms. The Balaban J connectivity index is 1.97. The highest BCUT2D eigenvalue weighted by Crippen LogP contribution is 2.20. The molecule has 0 aromatic carbocycles. The van der Waals surface area contributed by atoms with E-state index in [-0.39, 0.29) is 6.04 Å². The molecule has 2 rings (SSSR count). The maximum absolute atomic E-state index is 5.68. The molecule has 1 N–H and O–H groups in total. The van der Waals surface area contributed by atoms with E-state index in [1.807, 2.05) is 32.3 Å². The van der Waals surface area contributed by atoms with Gasteiger partial charge in [0.15, 0.2) is 0 Å². The summed E-state index contributed by atoms with van der Waals surface area (Å²) in [5.74, 6) is 1.84. The molecule has 0 radical (unpaired) electrons. The Bertz CT molecular complexity index is 506. The van der Waals surface area contributed by atoms with Crippen molar-refractivity contribution in [3.05, 3.63) is 35.5 Å². The van der Waals surface area contributed by atoms with E-state index in [1.54, 1.807) is 11.8 Å². The number of hydrogen-bond acceptors (Lipinski definition) is 5. The van der Waals surface area contributed by atoms with Crippen LogP contribution in [0.4, 0.5) is 0 Å². The third-order valence-electron chi connectivity index (χ3n) is 2.89. The highest BCUT2D eigenvalue weighted by atomic mass is 16.5. The second-order valence-electron chi connectivity index (χ2n) is 4.55. The Labute approximate surface area is 112 Å². The molecule has 1 atom stereocenters. The zero-order valence-corrected chi connectivity index (χ0v) is 11.6. The van der Waals surface area contributed by atoms with Crippen molar-refractivity contribution in [1.29, 1.82) is 0 Å². The highest BCUT2D eigenvalue weighted by molar-refractivity contribution is 5.10. The van der Waals surface area contributed by atoms with Crippen LogP contribution in [0.1, 0.15) is 29.7 Å². The van der Waals surface area contributed by atoms with Gasteiger partial charge in [-0.25, -0.2) is 0 Å². The summed E-state index contributed by atoms with van der Waals surface area (Å²) < 4.78 is 12.5. The van der Waals surface area contributed by atoms with Gasteiger partial charge in [-0.05, 0) is 25.5 Å². The lowest BCUT2D eigenvalue weighted by molar-refractivity contribution is 0.178. The van der Waals surface area contributed by atoms with Crippen molar-refractivity contribution in [2.75, 3.05) is 13.7 Å². The zero-order chi connectivity index (χ0) is 13.7. The van der Waals surface area contributed by atoms with Crippen molar-refractivity contribution in [1.82, 2.24) is 20.3 Å². The average molecular weight is 264 g/mol. The number of ether oxygens (including phenoxy) is 1. The molecule has 0 aliphatic heterocycles. The van der Waals surface area contributed by atoms with Crippen molar-refractivity contribution in [3.8, 4) is 0 Å². The van der Waals surface area contributed by atoms with E-state index in [0.717, 1.165) is 23.6 Å². The number of rotatable bonds is 7. The second-order valence-corrected chi connectivity index (χ2v) is 4.55. The number of aromatic nitrogens is 3. The normalized spacial score (nSPS) is 12.8. The average Bonchev–Trinajstić information content (AvgIpc) is 2.99. The SMILES string of the molecule is COCCC(NCc1cn(C)nn1)c1ccc(C)o1. The summed E-state index contributed by atoms with van der Waals surface area (Å²) in [5, 5.41) is 11.4. The number of methoxy groups -OCH3 is 1. The van der Waals surface area contributed by atoms with E-state index in [1.165, 1.54) is 0 Å². The van der Waals surface area contributed by atoms with Gasteiger partial charge in [0.25, 0.3) is 0 Å². The predicted octanol–water partition coefficient (Wildman–Crippen LogP) is 1.58. The first kappa shape index (κ1) is 13.8. The number of hydrogen-bond donors (Lipinski definition) is 1. The molecule has 0 spiro atoms. The minimum Gasteiger partial charge on any atom is -0.465 e. The van der Waals surface area contributed by atoms with E-state index >= 15 is 0 Å². The fourth-order valence-corrected chi connectivity index (χ4v) is 1.93. The largest absolute Gasteiger partial charge is 0.465 e. The van der Waals surface area contributed by atoms with Crippen LogP contribution in [-0.2, 0) is 18.3 Å². The van der Waals surface area contributed by atoms with Gasteiger partial charge in [0, 0.05) is 33.5 Å². The van der Waals surface area contributed by atoms with E-state index in [4.69, 9.17) is 9.15 Å². The molecule has 0 amide bonds. The molecule has 2 aromatic rings. The fourth-order valence-electron chi connectivity index (χ4n) is 1.93. The van der Waals surface area contributed by atoms with E-state index in [9.17, 15) is 0 Å². The molecule has 6 nitrogen and oxygen atoms in total. The van der Waals surface area contributed by atoms with Gasteiger partial charge in [0.05, 0.1) is 11.7 Å². The molecule has 0 saturated carbocycles. The van der Waals surface area contributed by atoms with E-state index in [0.29, 0.717) is 13.2 Å². The van der Waals surface area contributed by atoms with Crippen LogP contribution in [0.3, 0.4) is 0 Å². The van der Waals surface area contributed by atoms with Crippen LogP contribution >= 0.6 is 0 Å². The quantitative estimate of drug-likeness (QED) is 0.822. The number of aryl methyl sites for hydroxylation is 2. The lowest BCUT2D eigenvalue weighted by Crippen LogP contribution is -2.22. The topological polar surface area (TPSA) is 65.1 Å².